The summed E-state index contributed by atoms with van der Waals surface area (Å²) >= 11 is 5.97. The molecule has 1 fully saturated rings. The molecule has 7 nitrogen and oxygen atoms in total. The Kier molecular flexibility index (Phi) is 8.81. The second-order valence-corrected chi connectivity index (χ2v) is 9.17. The second-order valence-electron chi connectivity index (χ2n) is 8.73. The third kappa shape index (κ3) is 7.47. The molecular formula is C28H29ClN2O5. The first-order chi connectivity index (χ1) is 17.5. The molecule has 0 radical (unpaired) electrons. The Morgan fingerprint density at radius 2 is 1.50 bits per heavy atom. The molecule has 0 unspecified atom stereocenters. The molecular weight excluding hydrogens is 480 g/mol. The molecule has 0 aliphatic carbocycles. The molecule has 0 saturated carbocycles. The van der Waals surface area contributed by atoms with Crippen molar-refractivity contribution >= 4 is 23.7 Å². The van der Waals surface area contributed by atoms with Gasteiger partial charge in [0.05, 0.1) is 6.42 Å². The van der Waals surface area contributed by atoms with Crippen molar-refractivity contribution in [2.24, 2.45) is 0 Å². The number of hydrogen-bond donors (Lipinski definition) is 1. The average molecular weight is 509 g/mol. The minimum absolute atomic E-state index is 0.0501. The number of amides is 1. The van der Waals surface area contributed by atoms with Gasteiger partial charge in [-0.05, 0) is 34.9 Å². The SMILES string of the molecule is O=C(O)Cc1ccc(OCc2ccc(Cl)cc2)c(CN2CCN(C(=O)OCc3ccccc3)CC2)c1. The van der Waals surface area contributed by atoms with Crippen LogP contribution >= 0.6 is 11.6 Å². The van der Waals surface area contributed by atoms with E-state index in [1.54, 1.807) is 11.0 Å². The van der Waals surface area contributed by atoms with Gasteiger partial charge in [-0.15, -0.1) is 0 Å². The lowest BCUT2D eigenvalue weighted by Crippen LogP contribution is -2.48. The Morgan fingerprint density at radius 1 is 0.833 bits per heavy atom. The highest BCUT2D eigenvalue weighted by Crippen LogP contribution is 2.25. The van der Waals surface area contributed by atoms with Crippen molar-refractivity contribution in [1.29, 1.82) is 0 Å². The Bertz CT molecular complexity index is 1160. The quantitative estimate of drug-likeness (QED) is 0.438. The van der Waals surface area contributed by atoms with Crippen LogP contribution < -0.4 is 4.74 Å². The molecule has 0 bridgehead atoms. The molecule has 1 N–H and O–H groups in total. The van der Waals surface area contributed by atoms with Gasteiger partial charge in [0.25, 0.3) is 0 Å². The van der Waals surface area contributed by atoms with E-state index in [0.29, 0.717) is 50.1 Å². The summed E-state index contributed by atoms with van der Waals surface area (Å²) in [5, 5.41) is 9.89. The number of rotatable bonds is 9. The molecule has 188 valence electrons. The van der Waals surface area contributed by atoms with Gasteiger partial charge in [-0.25, -0.2) is 4.79 Å². The number of aliphatic carboxylic acids is 1. The molecule has 3 aromatic rings. The third-order valence-electron chi connectivity index (χ3n) is 6.02. The van der Waals surface area contributed by atoms with Crippen molar-refractivity contribution in [1.82, 2.24) is 9.80 Å². The fourth-order valence-corrected chi connectivity index (χ4v) is 4.19. The highest BCUT2D eigenvalue weighted by Gasteiger charge is 2.23. The van der Waals surface area contributed by atoms with Gasteiger partial charge < -0.3 is 19.5 Å². The molecule has 0 spiro atoms. The predicted octanol–water partition coefficient (Wildman–Crippen LogP) is 5.00. The lowest BCUT2D eigenvalue weighted by molar-refractivity contribution is -0.136. The second kappa shape index (κ2) is 12.4. The van der Waals surface area contributed by atoms with E-state index in [9.17, 15) is 14.7 Å². The normalized spacial score (nSPS) is 13.9. The Hall–Kier alpha value is -3.55. The summed E-state index contributed by atoms with van der Waals surface area (Å²) in [6.07, 6.45) is -0.361. The zero-order chi connectivity index (χ0) is 25.3. The molecule has 1 heterocycles. The van der Waals surface area contributed by atoms with E-state index < -0.39 is 5.97 Å². The summed E-state index contributed by atoms with van der Waals surface area (Å²) in [5.41, 5.74) is 3.58. The van der Waals surface area contributed by atoms with Crippen LogP contribution in [0.4, 0.5) is 4.79 Å². The fraction of sp³-hybridized carbons (Fsp3) is 0.286. The molecule has 1 saturated heterocycles. The van der Waals surface area contributed by atoms with E-state index in [1.165, 1.54) is 0 Å². The van der Waals surface area contributed by atoms with Crippen LogP contribution in [0.25, 0.3) is 0 Å². The highest BCUT2D eigenvalue weighted by molar-refractivity contribution is 6.30. The van der Waals surface area contributed by atoms with Crippen molar-refractivity contribution in [2.75, 3.05) is 26.2 Å². The topological polar surface area (TPSA) is 79.3 Å². The van der Waals surface area contributed by atoms with Crippen molar-refractivity contribution in [2.45, 2.75) is 26.2 Å². The minimum atomic E-state index is -0.876. The van der Waals surface area contributed by atoms with Crippen LogP contribution in [0.15, 0.2) is 72.8 Å². The maximum atomic E-state index is 12.5. The van der Waals surface area contributed by atoms with Gasteiger partial charge in [0, 0.05) is 43.3 Å². The first-order valence-corrected chi connectivity index (χ1v) is 12.2. The molecule has 36 heavy (non-hydrogen) atoms. The van der Waals surface area contributed by atoms with E-state index in [0.717, 1.165) is 22.3 Å². The van der Waals surface area contributed by atoms with E-state index >= 15 is 0 Å². The number of ether oxygens (including phenoxy) is 2. The lowest BCUT2D eigenvalue weighted by atomic mass is 10.1. The van der Waals surface area contributed by atoms with E-state index in [2.05, 4.69) is 4.90 Å². The lowest BCUT2D eigenvalue weighted by Gasteiger charge is -2.34. The fourth-order valence-electron chi connectivity index (χ4n) is 4.06. The largest absolute Gasteiger partial charge is 0.489 e. The molecule has 1 aliphatic rings. The van der Waals surface area contributed by atoms with Crippen molar-refractivity contribution in [3.05, 3.63) is 100 Å². The molecule has 1 aliphatic heterocycles. The molecule has 1 amide bonds. The zero-order valence-corrected chi connectivity index (χ0v) is 20.7. The number of carbonyl (C=O) groups excluding carboxylic acids is 1. The van der Waals surface area contributed by atoms with E-state index in [1.807, 2.05) is 66.7 Å². The molecule has 3 aromatic carbocycles. The Balaban J connectivity index is 1.35. The first-order valence-electron chi connectivity index (χ1n) is 11.8. The number of carbonyl (C=O) groups is 2. The molecule has 0 atom stereocenters. The average Bonchev–Trinajstić information content (AvgIpc) is 2.88. The third-order valence-corrected chi connectivity index (χ3v) is 6.27. The molecule has 4 rings (SSSR count). The summed E-state index contributed by atoms with van der Waals surface area (Å²) < 4.78 is 11.6. The number of benzene rings is 3. The highest BCUT2D eigenvalue weighted by atomic mass is 35.5. The molecule has 8 heteroatoms. The predicted molar refractivity (Wildman–Crippen MR) is 137 cm³/mol. The number of carboxylic acid groups (broad SMARTS) is 1. The van der Waals surface area contributed by atoms with Crippen molar-refractivity contribution in [3.8, 4) is 5.75 Å². The summed E-state index contributed by atoms with van der Waals surface area (Å²) in [4.78, 5) is 27.7. The van der Waals surface area contributed by atoms with E-state index in [-0.39, 0.29) is 19.1 Å². The Labute approximate surface area is 215 Å². The summed E-state index contributed by atoms with van der Waals surface area (Å²) in [7, 11) is 0. The molecule has 0 aromatic heterocycles. The zero-order valence-electron chi connectivity index (χ0n) is 19.9. The van der Waals surface area contributed by atoms with E-state index in [4.69, 9.17) is 21.1 Å². The van der Waals surface area contributed by atoms with Crippen LogP contribution in [0.3, 0.4) is 0 Å². The van der Waals surface area contributed by atoms with Crippen LogP contribution in [-0.2, 0) is 35.7 Å². The van der Waals surface area contributed by atoms with Crippen LogP contribution in [0.2, 0.25) is 5.02 Å². The van der Waals surface area contributed by atoms with Gasteiger partial charge in [0.2, 0.25) is 0 Å². The van der Waals surface area contributed by atoms with Gasteiger partial charge in [-0.2, -0.15) is 0 Å². The summed E-state index contributed by atoms with van der Waals surface area (Å²) in [6, 6.07) is 22.6. The van der Waals surface area contributed by atoms with Crippen molar-refractivity contribution < 1.29 is 24.2 Å². The van der Waals surface area contributed by atoms with Crippen LogP contribution in [0, 0.1) is 0 Å². The number of hydrogen-bond acceptors (Lipinski definition) is 5. The monoisotopic (exact) mass is 508 g/mol. The van der Waals surface area contributed by atoms with Crippen LogP contribution in [0.5, 0.6) is 5.75 Å². The van der Waals surface area contributed by atoms with Gasteiger partial charge in [-0.3, -0.25) is 9.69 Å². The Morgan fingerprint density at radius 3 is 2.19 bits per heavy atom. The minimum Gasteiger partial charge on any atom is -0.489 e. The van der Waals surface area contributed by atoms with Crippen LogP contribution in [-0.4, -0.2) is 53.1 Å². The number of piperazine rings is 1. The summed E-state index contributed by atoms with van der Waals surface area (Å²) in [6.45, 7) is 3.71. The number of carboxylic acids is 1. The van der Waals surface area contributed by atoms with Gasteiger partial charge in [0.15, 0.2) is 0 Å². The van der Waals surface area contributed by atoms with Gasteiger partial charge >= 0.3 is 12.1 Å². The number of nitrogens with zero attached hydrogens (tertiary/aromatic N) is 2. The van der Waals surface area contributed by atoms with Crippen LogP contribution in [0.1, 0.15) is 22.3 Å². The standard InChI is InChI=1S/C28H29ClN2O5/c29-25-9-6-22(7-10-25)19-35-26-11-8-23(17-27(32)33)16-24(26)18-30-12-14-31(15-13-30)28(34)36-20-21-4-2-1-3-5-21/h1-11,16H,12-15,17-20H2,(H,32,33). The maximum absolute atomic E-state index is 12.5. The maximum Gasteiger partial charge on any atom is 0.410 e. The number of halogens is 1. The van der Waals surface area contributed by atoms with Gasteiger partial charge in [-0.1, -0.05) is 66.2 Å². The summed E-state index contributed by atoms with van der Waals surface area (Å²) in [5.74, 6) is -0.165. The smallest absolute Gasteiger partial charge is 0.410 e. The van der Waals surface area contributed by atoms with Gasteiger partial charge in [0.1, 0.15) is 19.0 Å². The van der Waals surface area contributed by atoms with Crippen molar-refractivity contribution in [3.63, 3.8) is 0 Å². The first kappa shape index (κ1) is 25.5.